The zero-order valence-electron chi connectivity index (χ0n) is 17.9. The first-order chi connectivity index (χ1) is 14.0. The van der Waals surface area contributed by atoms with Crippen molar-refractivity contribution in [3.8, 4) is 0 Å². The smallest absolute Gasteiger partial charge is 0.133 e. The summed E-state index contributed by atoms with van der Waals surface area (Å²) in [7, 11) is 0. The number of carbonyl (C=O) groups is 1. The lowest BCUT2D eigenvalue weighted by Crippen LogP contribution is -2.53. The molecule has 2 aromatic rings. The minimum Gasteiger partial charge on any atom is -0.327 e. The fraction of sp³-hybridized carbons (Fsp3) is 0.692. The summed E-state index contributed by atoms with van der Waals surface area (Å²) in [5, 5.41) is 0. The van der Waals surface area contributed by atoms with Crippen LogP contribution in [0.5, 0.6) is 0 Å². The molecule has 6 rings (SSSR count). The van der Waals surface area contributed by atoms with Crippen molar-refractivity contribution in [2.45, 2.75) is 77.7 Å². The van der Waals surface area contributed by atoms with Gasteiger partial charge in [0.15, 0.2) is 0 Å². The summed E-state index contributed by atoms with van der Waals surface area (Å²) in [5.74, 6) is 3.72. The molecule has 0 amide bonds. The molecule has 1 heterocycles. The van der Waals surface area contributed by atoms with Crippen LogP contribution in [0.25, 0.3) is 11.0 Å². The number of hydrogen-bond acceptors (Lipinski definition) is 2. The van der Waals surface area contributed by atoms with Gasteiger partial charge < -0.3 is 4.57 Å². The number of rotatable bonds is 1. The van der Waals surface area contributed by atoms with Gasteiger partial charge in [0.1, 0.15) is 5.78 Å². The Balaban J connectivity index is 1.33. The van der Waals surface area contributed by atoms with Gasteiger partial charge >= 0.3 is 0 Å². The normalized spacial score (nSPS) is 44.3. The molecule has 3 nitrogen and oxygen atoms in total. The van der Waals surface area contributed by atoms with Gasteiger partial charge in [0.25, 0.3) is 0 Å². The minimum absolute atomic E-state index is 0.387. The van der Waals surface area contributed by atoms with Gasteiger partial charge in [-0.2, -0.15) is 0 Å². The van der Waals surface area contributed by atoms with E-state index in [2.05, 4.69) is 49.0 Å². The highest BCUT2D eigenvalue weighted by atomic mass is 16.1. The average molecular weight is 391 g/mol. The summed E-state index contributed by atoms with van der Waals surface area (Å²) in [6.45, 7) is 5.15. The summed E-state index contributed by atoms with van der Waals surface area (Å²) in [6, 6.07) is 9.22. The first kappa shape index (κ1) is 18.2. The van der Waals surface area contributed by atoms with E-state index in [4.69, 9.17) is 4.98 Å². The zero-order chi connectivity index (χ0) is 19.8. The van der Waals surface area contributed by atoms with E-state index in [1.54, 1.807) is 0 Å². The van der Waals surface area contributed by atoms with E-state index >= 15 is 0 Å². The van der Waals surface area contributed by atoms with Crippen LogP contribution in [-0.2, 0) is 4.79 Å². The van der Waals surface area contributed by atoms with Gasteiger partial charge in [-0.1, -0.05) is 26.0 Å². The Kier molecular flexibility index (Phi) is 3.87. The number of carbonyl (C=O) groups excluding carboxylic acids is 1. The highest BCUT2D eigenvalue weighted by Crippen LogP contribution is 2.68. The van der Waals surface area contributed by atoms with E-state index in [-0.39, 0.29) is 0 Å². The Morgan fingerprint density at radius 2 is 1.79 bits per heavy atom. The number of nitrogens with zero attached hydrogens (tertiary/aromatic N) is 2. The van der Waals surface area contributed by atoms with Crippen molar-refractivity contribution in [2.75, 3.05) is 0 Å². The number of para-hydroxylation sites is 2. The Hall–Kier alpha value is -1.64. The van der Waals surface area contributed by atoms with Crippen molar-refractivity contribution in [3.05, 3.63) is 30.6 Å². The minimum atomic E-state index is 0.387. The molecule has 0 bridgehead atoms. The van der Waals surface area contributed by atoms with Crippen LogP contribution in [0.4, 0.5) is 0 Å². The van der Waals surface area contributed by atoms with Gasteiger partial charge in [0.2, 0.25) is 0 Å². The lowest BCUT2D eigenvalue weighted by atomic mass is 9.45. The van der Waals surface area contributed by atoms with Crippen molar-refractivity contribution >= 4 is 16.8 Å². The largest absolute Gasteiger partial charge is 0.327 e. The Labute approximate surface area is 174 Å². The Morgan fingerprint density at radius 3 is 2.69 bits per heavy atom. The van der Waals surface area contributed by atoms with E-state index in [1.807, 2.05) is 0 Å². The van der Waals surface area contributed by atoms with Crippen molar-refractivity contribution in [1.29, 1.82) is 0 Å². The molecule has 1 aromatic heterocycles. The maximum absolute atomic E-state index is 12.1. The predicted molar refractivity (Wildman–Crippen MR) is 116 cm³/mol. The maximum atomic E-state index is 12.1. The second-order valence-corrected chi connectivity index (χ2v) is 11.2. The summed E-state index contributed by atoms with van der Waals surface area (Å²) in [5.41, 5.74) is 3.24. The average Bonchev–Trinajstić information content (AvgIpc) is 3.29. The predicted octanol–water partition coefficient (Wildman–Crippen LogP) is 6.19. The monoisotopic (exact) mass is 390 g/mol. The molecule has 0 N–H and O–H groups in total. The van der Waals surface area contributed by atoms with Crippen molar-refractivity contribution < 1.29 is 4.79 Å². The maximum Gasteiger partial charge on any atom is 0.133 e. The molecule has 0 radical (unpaired) electrons. The molecule has 154 valence electrons. The molecule has 4 aliphatic carbocycles. The second kappa shape index (κ2) is 6.18. The topological polar surface area (TPSA) is 34.9 Å². The molecular formula is C26H34N2O. The van der Waals surface area contributed by atoms with Gasteiger partial charge in [0, 0.05) is 18.9 Å². The van der Waals surface area contributed by atoms with Gasteiger partial charge in [-0.3, -0.25) is 4.79 Å². The molecule has 7 atom stereocenters. The van der Waals surface area contributed by atoms with E-state index in [1.165, 1.54) is 44.0 Å². The quantitative estimate of drug-likeness (QED) is 0.582. The number of fused-ring (bicyclic) bond motifs is 6. The first-order valence-corrected chi connectivity index (χ1v) is 11.9. The fourth-order valence-electron chi connectivity index (χ4n) is 8.70. The zero-order valence-corrected chi connectivity index (χ0v) is 17.9. The van der Waals surface area contributed by atoms with Gasteiger partial charge in [-0.15, -0.1) is 0 Å². The molecule has 0 saturated heterocycles. The SMILES string of the molecule is C[C@]12CCC3C(CC[C@@H]4CC(=O)CC[C@]34C)C1CCC2n1cnc2ccccc21. The fourth-order valence-corrected chi connectivity index (χ4v) is 8.70. The van der Waals surface area contributed by atoms with Crippen LogP contribution in [0, 0.1) is 34.5 Å². The number of benzene rings is 1. The summed E-state index contributed by atoms with van der Waals surface area (Å²) >= 11 is 0. The van der Waals surface area contributed by atoms with Crippen LogP contribution in [0.15, 0.2) is 30.6 Å². The molecular weight excluding hydrogens is 356 g/mol. The summed E-state index contributed by atoms with van der Waals surface area (Å²) < 4.78 is 2.52. The Bertz CT molecular complexity index is 963. The van der Waals surface area contributed by atoms with Crippen LogP contribution in [0.3, 0.4) is 0 Å². The van der Waals surface area contributed by atoms with Crippen LogP contribution in [0.1, 0.15) is 77.7 Å². The molecule has 0 aliphatic heterocycles. The molecule has 4 saturated carbocycles. The molecule has 4 fully saturated rings. The highest BCUT2D eigenvalue weighted by Gasteiger charge is 2.60. The third-order valence-electron chi connectivity index (χ3n) is 10.2. The number of ketones is 1. The Morgan fingerprint density at radius 1 is 0.966 bits per heavy atom. The van der Waals surface area contributed by atoms with Crippen LogP contribution in [-0.4, -0.2) is 15.3 Å². The van der Waals surface area contributed by atoms with Crippen LogP contribution in [0.2, 0.25) is 0 Å². The molecule has 4 aliphatic rings. The number of Topliss-reactive ketones (excluding diaryl/α,β-unsaturated/α-hetero) is 1. The van der Waals surface area contributed by atoms with E-state index < -0.39 is 0 Å². The third kappa shape index (κ3) is 2.42. The molecule has 29 heavy (non-hydrogen) atoms. The number of hydrogen-bond donors (Lipinski definition) is 0. The first-order valence-electron chi connectivity index (χ1n) is 11.9. The molecule has 4 unspecified atom stereocenters. The van der Waals surface area contributed by atoms with Crippen molar-refractivity contribution in [1.82, 2.24) is 9.55 Å². The number of aromatic nitrogens is 2. The van der Waals surface area contributed by atoms with E-state index in [9.17, 15) is 4.79 Å². The van der Waals surface area contributed by atoms with Gasteiger partial charge in [-0.25, -0.2) is 4.98 Å². The van der Waals surface area contributed by atoms with Gasteiger partial charge in [-0.05, 0) is 91.6 Å². The highest BCUT2D eigenvalue weighted by molar-refractivity contribution is 5.79. The van der Waals surface area contributed by atoms with Crippen molar-refractivity contribution in [2.24, 2.45) is 34.5 Å². The third-order valence-corrected chi connectivity index (χ3v) is 10.2. The second-order valence-electron chi connectivity index (χ2n) is 11.2. The van der Waals surface area contributed by atoms with E-state index in [0.717, 1.165) is 42.5 Å². The molecule has 0 spiro atoms. The summed E-state index contributed by atoms with van der Waals surface area (Å²) in [6.07, 6.45) is 13.0. The standard InChI is InChI=1S/C26H34N2O/c1-25-13-11-18(29)15-17(25)7-8-19-20-9-10-24(26(20,2)14-12-21(19)25)28-16-27-22-5-3-4-6-23(22)28/h3-6,16-17,19-21,24H,7-15H2,1-2H3/t17-,19?,20?,21?,24?,25+,26+/m1/s1. The lowest BCUT2D eigenvalue weighted by Gasteiger charge is -2.60. The van der Waals surface area contributed by atoms with Crippen molar-refractivity contribution in [3.63, 3.8) is 0 Å². The molecule has 3 heteroatoms. The van der Waals surface area contributed by atoms with Gasteiger partial charge in [0.05, 0.1) is 17.4 Å². The van der Waals surface area contributed by atoms with Crippen LogP contribution < -0.4 is 0 Å². The summed E-state index contributed by atoms with van der Waals surface area (Å²) in [4.78, 5) is 16.8. The lowest BCUT2D eigenvalue weighted by molar-refractivity contribution is -0.139. The molecule has 1 aromatic carbocycles. The van der Waals surface area contributed by atoms with E-state index in [0.29, 0.717) is 28.6 Å². The van der Waals surface area contributed by atoms with Crippen LogP contribution >= 0.6 is 0 Å². The number of imidazole rings is 1.